The van der Waals surface area contributed by atoms with Crippen LogP contribution in [0.2, 0.25) is 0 Å². The van der Waals surface area contributed by atoms with Crippen molar-refractivity contribution in [2.45, 2.75) is 51.4 Å². The molecule has 0 radical (unpaired) electrons. The molecule has 2 atom stereocenters. The second-order valence-corrected chi connectivity index (χ2v) is 8.82. The van der Waals surface area contributed by atoms with Crippen LogP contribution < -0.4 is 4.90 Å². The topological polar surface area (TPSA) is 29.3 Å². The van der Waals surface area contributed by atoms with Crippen molar-refractivity contribution >= 4 is 5.88 Å². The maximum atomic E-state index is 5.89. The van der Waals surface area contributed by atoms with Crippen LogP contribution in [0.1, 0.15) is 53.1 Å². The van der Waals surface area contributed by atoms with E-state index in [1.165, 1.54) is 47.2 Å². The molecule has 5 rings (SSSR count). The first-order chi connectivity index (χ1) is 14.3. The highest BCUT2D eigenvalue weighted by atomic mass is 16.5. The molecular weight excluding hydrogens is 356 g/mol. The van der Waals surface area contributed by atoms with Crippen LogP contribution in [0.3, 0.4) is 0 Å². The average molecular weight is 387 g/mol. The Bertz CT molecular complexity index is 939. The molecule has 1 aliphatic heterocycles. The molecule has 0 bridgehead atoms. The summed E-state index contributed by atoms with van der Waals surface area (Å²) in [5, 5.41) is 4.53. The van der Waals surface area contributed by atoms with Gasteiger partial charge in [-0.2, -0.15) is 0 Å². The van der Waals surface area contributed by atoms with Gasteiger partial charge >= 0.3 is 0 Å². The first kappa shape index (κ1) is 18.5. The van der Waals surface area contributed by atoms with Crippen molar-refractivity contribution < 1.29 is 4.52 Å². The Balaban J connectivity index is 1.43. The van der Waals surface area contributed by atoms with Gasteiger partial charge in [0.05, 0.1) is 5.69 Å². The standard InChI is InChI=1S/C26H30N2O/c1-19-9-12-21(13-10-19)23-18-24-25(27-29-26(24)28-15-5-6-16-28)17-22(23)14-11-20-7-3-2-4-8-20/h2-4,7-10,12-13,22-23H,5-6,11,14-18H2,1H3. The number of rotatable bonds is 5. The Morgan fingerprint density at radius 2 is 1.72 bits per heavy atom. The quantitative estimate of drug-likeness (QED) is 0.562. The normalized spacial score (nSPS) is 21.3. The largest absolute Gasteiger partial charge is 0.340 e. The number of anilines is 1. The summed E-state index contributed by atoms with van der Waals surface area (Å²) < 4.78 is 5.89. The summed E-state index contributed by atoms with van der Waals surface area (Å²) in [4.78, 5) is 2.41. The van der Waals surface area contributed by atoms with Gasteiger partial charge in [0.1, 0.15) is 0 Å². The third-order valence-corrected chi connectivity index (χ3v) is 6.84. The molecule has 3 heteroatoms. The molecule has 0 N–H and O–H groups in total. The van der Waals surface area contributed by atoms with Gasteiger partial charge in [-0.25, -0.2) is 0 Å². The maximum Gasteiger partial charge on any atom is 0.230 e. The molecule has 0 spiro atoms. The van der Waals surface area contributed by atoms with Crippen LogP contribution in [0, 0.1) is 12.8 Å². The summed E-state index contributed by atoms with van der Waals surface area (Å²) in [5.41, 5.74) is 6.79. The smallest absolute Gasteiger partial charge is 0.230 e. The zero-order chi connectivity index (χ0) is 19.6. The molecule has 150 valence electrons. The number of hydrogen-bond acceptors (Lipinski definition) is 3. The minimum Gasteiger partial charge on any atom is -0.340 e. The molecule has 29 heavy (non-hydrogen) atoms. The molecule has 2 aliphatic rings. The minimum atomic E-state index is 0.535. The lowest BCUT2D eigenvalue weighted by atomic mass is 9.72. The Morgan fingerprint density at radius 3 is 2.48 bits per heavy atom. The predicted octanol–water partition coefficient (Wildman–Crippen LogP) is 5.71. The summed E-state index contributed by atoms with van der Waals surface area (Å²) in [5.74, 6) is 2.19. The van der Waals surface area contributed by atoms with Crippen molar-refractivity contribution in [2.24, 2.45) is 5.92 Å². The van der Waals surface area contributed by atoms with Crippen LogP contribution in [0.15, 0.2) is 59.1 Å². The third-order valence-electron chi connectivity index (χ3n) is 6.84. The van der Waals surface area contributed by atoms with E-state index in [1.54, 1.807) is 0 Å². The van der Waals surface area contributed by atoms with Crippen LogP contribution in [-0.2, 0) is 19.3 Å². The van der Waals surface area contributed by atoms with E-state index in [0.717, 1.165) is 38.2 Å². The fraction of sp³-hybridized carbons (Fsp3) is 0.423. The molecule has 1 saturated heterocycles. The molecule has 0 saturated carbocycles. The van der Waals surface area contributed by atoms with Crippen LogP contribution >= 0.6 is 0 Å². The van der Waals surface area contributed by atoms with Gasteiger partial charge in [0, 0.05) is 18.7 Å². The van der Waals surface area contributed by atoms with Gasteiger partial charge in [0.2, 0.25) is 5.88 Å². The fourth-order valence-corrected chi connectivity index (χ4v) is 5.15. The fourth-order valence-electron chi connectivity index (χ4n) is 5.15. The molecule has 1 fully saturated rings. The highest BCUT2D eigenvalue weighted by Gasteiger charge is 2.35. The van der Waals surface area contributed by atoms with E-state index in [4.69, 9.17) is 4.52 Å². The number of hydrogen-bond donors (Lipinski definition) is 0. The maximum absolute atomic E-state index is 5.89. The molecule has 2 unspecified atom stereocenters. The summed E-state index contributed by atoms with van der Waals surface area (Å²) in [6.45, 7) is 4.38. The van der Waals surface area contributed by atoms with Crippen molar-refractivity contribution in [3.63, 3.8) is 0 Å². The van der Waals surface area contributed by atoms with E-state index < -0.39 is 0 Å². The zero-order valence-corrected chi connectivity index (χ0v) is 17.3. The van der Waals surface area contributed by atoms with Crippen LogP contribution in [0.4, 0.5) is 5.88 Å². The van der Waals surface area contributed by atoms with E-state index in [1.807, 2.05) is 0 Å². The summed E-state index contributed by atoms with van der Waals surface area (Å²) in [6, 6.07) is 20.1. The van der Waals surface area contributed by atoms with Gasteiger partial charge in [-0.1, -0.05) is 65.3 Å². The van der Waals surface area contributed by atoms with Crippen molar-refractivity contribution in [3.8, 4) is 0 Å². The second kappa shape index (κ2) is 8.06. The van der Waals surface area contributed by atoms with Crippen molar-refractivity contribution in [1.29, 1.82) is 0 Å². The van der Waals surface area contributed by atoms with Gasteiger partial charge < -0.3 is 9.42 Å². The number of aryl methyl sites for hydroxylation is 2. The lowest BCUT2D eigenvalue weighted by Gasteiger charge is -2.32. The second-order valence-electron chi connectivity index (χ2n) is 8.82. The van der Waals surface area contributed by atoms with Crippen LogP contribution in [-0.4, -0.2) is 18.2 Å². The van der Waals surface area contributed by atoms with E-state index in [2.05, 4.69) is 71.6 Å². The van der Waals surface area contributed by atoms with Gasteiger partial charge in [-0.05, 0) is 68.4 Å². The van der Waals surface area contributed by atoms with Crippen molar-refractivity contribution in [2.75, 3.05) is 18.0 Å². The van der Waals surface area contributed by atoms with E-state index in [-0.39, 0.29) is 0 Å². The van der Waals surface area contributed by atoms with Crippen LogP contribution in [0.25, 0.3) is 0 Å². The number of benzene rings is 2. The van der Waals surface area contributed by atoms with Gasteiger partial charge in [0.25, 0.3) is 0 Å². The lowest BCUT2D eigenvalue weighted by Crippen LogP contribution is -2.26. The molecule has 1 aromatic heterocycles. The minimum absolute atomic E-state index is 0.535. The summed E-state index contributed by atoms with van der Waals surface area (Å²) in [7, 11) is 0. The molecule has 2 heterocycles. The van der Waals surface area contributed by atoms with Gasteiger partial charge in [-0.3, -0.25) is 0 Å². The van der Waals surface area contributed by atoms with Gasteiger partial charge in [0.15, 0.2) is 0 Å². The Morgan fingerprint density at radius 1 is 0.966 bits per heavy atom. The highest BCUT2D eigenvalue weighted by molar-refractivity contribution is 5.50. The molecule has 1 aliphatic carbocycles. The van der Waals surface area contributed by atoms with Gasteiger partial charge in [-0.15, -0.1) is 0 Å². The zero-order valence-electron chi connectivity index (χ0n) is 17.3. The third kappa shape index (κ3) is 3.83. The molecule has 2 aromatic carbocycles. The molecule has 3 nitrogen and oxygen atoms in total. The lowest BCUT2D eigenvalue weighted by molar-refractivity contribution is 0.357. The highest BCUT2D eigenvalue weighted by Crippen LogP contribution is 2.43. The molecular formula is C26H30N2O. The molecule has 0 amide bonds. The Kier molecular flexibility index (Phi) is 5.13. The van der Waals surface area contributed by atoms with Crippen molar-refractivity contribution in [1.82, 2.24) is 5.16 Å². The van der Waals surface area contributed by atoms with E-state index >= 15 is 0 Å². The average Bonchev–Trinajstić information content (AvgIpc) is 3.42. The summed E-state index contributed by atoms with van der Waals surface area (Å²) >= 11 is 0. The number of nitrogens with zero attached hydrogens (tertiary/aromatic N) is 2. The number of fused-ring (bicyclic) bond motifs is 1. The first-order valence-corrected chi connectivity index (χ1v) is 11.1. The first-order valence-electron chi connectivity index (χ1n) is 11.1. The molecule has 3 aromatic rings. The SMILES string of the molecule is Cc1ccc(C2Cc3c(noc3N3CCCC3)CC2CCc2ccccc2)cc1. The van der Waals surface area contributed by atoms with Crippen LogP contribution in [0.5, 0.6) is 0 Å². The number of aromatic nitrogens is 1. The van der Waals surface area contributed by atoms with Crippen molar-refractivity contribution in [3.05, 3.63) is 82.5 Å². The Labute approximate surface area is 173 Å². The summed E-state index contributed by atoms with van der Waals surface area (Å²) in [6.07, 6.45) is 6.91. The predicted molar refractivity (Wildman–Crippen MR) is 118 cm³/mol. The Hall–Kier alpha value is -2.55. The van der Waals surface area contributed by atoms with E-state index in [0.29, 0.717) is 11.8 Å². The van der Waals surface area contributed by atoms with E-state index in [9.17, 15) is 0 Å². The monoisotopic (exact) mass is 386 g/mol.